The van der Waals surface area contributed by atoms with Crippen molar-refractivity contribution in [3.63, 3.8) is 0 Å². The number of nitrogens with one attached hydrogen (secondary N) is 1. The number of nitrogens with zero attached hydrogens (tertiary/aromatic N) is 1. The van der Waals surface area contributed by atoms with Gasteiger partial charge in [-0.3, -0.25) is 14.9 Å². The van der Waals surface area contributed by atoms with Gasteiger partial charge in [-0.25, -0.2) is 0 Å². The highest BCUT2D eigenvalue weighted by atomic mass is 19.3. The number of halogens is 2. The summed E-state index contributed by atoms with van der Waals surface area (Å²) in [5.74, 6) is -1.03. The van der Waals surface area contributed by atoms with Crippen molar-refractivity contribution >= 4 is 17.3 Å². The monoisotopic (exact) mass is 246 g/mol. The summed E-state index contributed by atoms with van der Waals surface area (Å²) in [6.07, 6.45) is 0. The maximum Gasteiger partial charge on any atom is 0.387 e. The van der Waals surface area contributed by atoms with E-state index in [9.17, 15) is 23.7 Å². The van der Waals surface area contributed by atoms with Crippen LogP contribution in [0.2, 0.25) is 0 Å². The molecule has 0 fully saturated rings. The SMILES string of the molecule is CC(=O)Nc1ccc([N+](=O)[O-])c(OC(F)F)c1. The molecule has 0 heterocycles. The van der Waals surface area contributed by atoms with E-state index in [1.165, 1.54) is 13.0 Å². The van der Waals surface area contributed by atoms with Gasteiger partial charge in [0.05, 0.1) is 4.92 Å². The van der Waals surface area contributed by atoms with E-state index in [4.69, 9.17) is 0 Å². The first kappa shape index (κ1) is 12.8. The number of hydrogen-bond acceptors (Lipinski definition) is 4. The molecule has 1 aromatic rings. The first-order valence-corrected chi connectivity index (χ1v) is 4.41. The van der Waals surface area contributed by atoms with Crippen molar-refractivity contribution in [3.8, 4) is 5.75 Å². The Labute approximate surface area is 94.3 Å². The molecule has 0 aliphatic heterocycles. The molecule has 0 spiro atoms. The Morgan fingerprint density at radius 2 is 2.18 bits per heavy atom. The van der Waals surface area contributed by atoms with Crippen LogP contribution in [-0.2, 0) is 4.79 Å². The Kier molecular flexibility index (Phi) is 3.91. The smallest absolute Gasteiger partial charge is 0.387 e. The molecule has 8 heteroatoms. The van der Waals surface area contributed by atoms with Crippen molar-refractivity contribution in [1.82, 2.24) is 0 Å². The van der Waals surface area contributed by atoms with Crippen LogP contribution in [0.4, 0.5) is 20.2 Å². The Hall–Kier alpha value is -2.25. The van der Waals surface area contributed by atoms with E-state index in [1.807, 2.05) is 0 Å². The van der Waals surface area contributed by atoms with Crippen LogP contribution >= 0.6 is 0 Å². The van der Waals surface area contributed by atoms with Gasteiger partial charge in [-0.1, -0.05) is 0 Å². The van der Waals surface area contributed by atoms with Crippen molar-refractivity contribution in [1.29, 1.82) is 0 Å². The molecule has 0 aliphatic carbocycles. The molecule has 0 atom stereocenters. The zero-order chi connectivity index (χ0) is 13.0. The number of carbonyl (C=O) groups excluding carboxylic acids is 1. The number of ether oxygens (including phenoxy) is 1. The van der Waals surface area contributed by atoms with Crippen LogP contribution in [0, 0.1) is 10.1 Å². The number of benzene rings is 1. The lowest BCUT2D eigenvalue weighted by Gasteiger charge is -2.07. The summed E-state index contributed by atoms with van der Waals surface area (Å²) in [4.78, 5) is 20.4. The van der Waals surface area contributed by atoms with E-state index < -0.39 is 28.9 Å². The van der Waals surface area contributed by atoms with Gasteiger partial charge in [-0.15, -0.1) is 0 Å². The first-order chi connectivity index (χ1) is 7.90. The van der Waals surface area contributed by atoms with E-state index in [2.05, 4.69) is 10.1 Å². The molecule has 0 saturated heterocycles. The van der Waals surface area contributed by atoms with Gasteiger partial charge >= 0.3 is 12.3 Å². The first-order valence-electron chi connectivity index (χ1n) is 4.41. The predicted molar refractivity (Wildman–Crippen MR) is 54.0 cm³/mol. The topological polar surface area (TPSA) is 81.5 Å². The van der Waals surface area contributed by atoms with Gasteiger partial charge in [0.15, 0.2) is 0 Å². The molecule has 0 saturated carbocycles. The second-order valence-corrected chi connectivity index (χ2v) is 3.00. The largest absolute Gasteiger partial charge is 0.427 e. The molecule has 1 rings (SSSR count). The van der Waals surface area contributed by atoms with E-state index in [-0.39, 0.29) is 5.69 Å². The summed E-state index contributed by atoms with van der Waals surface area (Å²) in [7, 11) is 0. The highest BCUT2D eigenvalue weighted by molar-refractivity contribution is 5.89. The Bertz CT molecular complexity index is 451. The highest BCUT2D eigenvalue weighted by Gasteiger charge is 2.19. The van der Waals surface area contributed by atoms with Crippen LogP contribution in [0.5, 0.6) is 5.75 Å². The van der Waals surface area contributed by atoms with Crippen LogP contribution in [0.1, 0.15) is 6.92 Å². The van der Waals surface area contributed by atoms with Gasteiger partial charge in [-0.05, 0) is 6.07 Å². The van der Waals surface area contributed by atoms with Gasteiger partial charge in [0, 0.05) is 24.7 Å². The van der Waals surface area contributed by atoms with Crippen molar-refractivity contribution in [3.05, 3.63) is 28.3 Å². The Morgan fingerprint density at radius 3 is 2.65 bits per heavy atom. The van der Waals surface area contributed by atoms with Gasteiger partial charge < -0.3 is 10.1 Å². The number of nitro benzene ring substituents is 1. The fraction of sp³-hybridized carbons (Fsp3) is 0.222. The molecule has 0 aromatic heterocycles. The van der Waals surface area contributed by atoms with E-state index in [1.54, 1.807) is 0 Å². The summed E-state index contributed by atoms with van der Waals surface area (Å²) in [5.41, 5.74) is -0.460. The van der Waals surface area contributed by atoms with Crippen molar-refractivity contribution in [2.45, 2.75) is 13.5 Å². The van der Waals surface area contributed by atoms with Crippen molar-refractivity contribution < 1.29 is 23.2 Å². The zero-order valence-corrected chi connectivity index (χ0v) is 8.65. The minimum atomic E-state index is -3.18. The fourth-order valence-electron chi connectivity index (χ4n) is 1.14. The van der Waals surface area contributed by atoms with Crippen molar-refractivity contribution in [2.24, 2.45) is 0 Å². The molecular formula is C9H8F2N2O4. The zero-order valence-electron chi connectivity index (χ0n) is 8.65. The lowest BCUT2D eigenvalue weighted by molar-refractivity contribution is -0.386. The molecule has 1 aromatic carbocycles. The van der Waals surface area contributed by atoms with Crippen LogP contribution in [0.3, 0.4) is 0 Å². The van der Waals surface area contributed by atoms with Gasteiger partial charge in [0.2, 0.25) is 11.7 Å². The van der Waals surface area contributed by atoms with E-state index >= 15 is 0 Å². The molecule has 0 unspecified atom stereocenters. The second kappa shape index (κ2) is 5.19. The predicted octanol–water partition coefficient (Wildman–Crippen LogP) is 2.15. The third-order valence-corrected chi connectivity index (χ3v) is 1.69. The number of carbonyl (C=O) groups is 1. The number of nitro groups is 1. The summed E-state index contributed by atoms with van der Waals surface area (Å²) in [6, 6.07) is 3.16. The lowest BCUT2D eigenvalue weighted by Crippen LogP contribution is -2.08. The normalized spacial score (nSPS) is 10.1. The molecule has 17 heavy (non-hydrogen) atoms. The number of rotatable bonds is 4. The lowest BCUT2D eigenvalue weighted by atomic mass is 10.2. The molecule has 1 amide bonds. The highest BCUT2D eigenvalue weighted by Crippen LogP contribution is 2.31. The third-order valence-electron chi connectivity index (χ3n) is 1.69. The maximum absolute atomic E-state index is 12.0. The number of anilines is 1. The number of alkyl halides is 2. The Balaban J connectivity index is 3.09. The molecule has 0 bridgehead atoms. The van der Waals surface area contributed by atoms with Gasteiger partial charge in [-0.2, -0.15) is 8.78 Å². The summed E-state index contributed by atoms with van der Waals surface area (Å²) >= 11 is 0. The van der Waals surface area contributed by atoms with Crippen molar-refractivity contribution in [2.75, 3.05) is 5.32 Å². The molecule has 0 radical (unpaired) electrons. The summed E-state index contributed by atoms with van der Waals surface area (Å²) in [6.45, 7) is -1.96. The molecule has 6 nitrogen and oxygen atoms in total. The fourth-order valence-corrected chi connectivity index (χ4v) is 1.14. The number of amides is 1. The summed E-state index contributed by atoms with van der Waals surface area (Å²) in [5, 5.41) is 12.8. The maximum atomic E-state index is 12.0. The Morgan fingerprint density at radius 1 is 1.53 bits per heavy atom. The van der Waals surface area contributed by atoms with Crippen LogP contribution in [0.15, 0.2) is 18.2 Å². The van der Waals surface area contributed by atoms with Gasteiger partial charge in [0.25, 0.3) is 0 Å². The van der Waals surface area contributed by atoms with Gasteiger partial charge in [0.1, 0.15) is 0 Å². The minimum absolute atomic E-state index is 0.138. The standard InChI is InChI=1S/C9H8F2N2O4/c1-5(14)12-6-2-3-7(13(15)16)8(4-6)17-9(10)11/h2-4,9H,1H3,(H,12,14). The van der Waals surface area contributed by atoms with Crippen LogP contribution < -0.4 is 10.1 Å². The third kappa shape index (κ3) is 3.67. The van der Waals surface area contributed by atoms with E-state index in [0.717, 1.165) is 12.1 Å². The van der Waals surface area contributed by atoms with Crippen LogP contribution in [0.25, 0.3) is 0 Å². The minimum Gasteiger partial charge on any atom is -0.427 e. The average Bonchev–Trinajstić information content (AvgIpc) is 2.15. The molecule has 1 N–H and O–H groups in total. The average molecular weight is 246 g/mol. The second-order valence-electron chi connectivity index (χ2n) is 3.00. The molecule has 92 valence electrons. The molecule has 0 aliphatic rings. The van der Waals surface area contributed by atoms with Crippen LogP contribution in [-0.4, -0.2) is 17.4 Å². The summed E-state index contributed by atoms with van der Waals surface area (Å²) < 4.78 is 28.1. The van der Waals surface area contributed by atoms with E-state index in [0.29, 0.717) is 0 Å². The quantitative estimate of drug-likeness (QED) is 0.651. The molecular weight excluding hydrogens is 238 g/mol. The number of hydrogen-bond donors (Lipinski definition) is 1.